The summed E-state index contributed by atoms with van der Waals surface area (Å²) in [5.41, 5.74) is 0. The van der Waals surface area contributed by atoms with Crippen LogP contribution in [0.25, 0.3) is 0 Å². The minimum absolute atomic E-state index is 0.0279. The summed E-state index contributed by atoms with van der Waals surface area (Å²) in [7, 11) is 0. The summed E-state index contributed by atoms with van der Waals surface area (Å²) in [6, 6.07) is -0.331. The molecule has 1 amide bonds. The molecule has 106 valence electrons. The van der Waals surface area contributed by atoms with Crippen LogP contribution in [0.3, 0.4) is 0 Å². The van der Waals surface area contributed by atoms with Gasteiger partial charge in [-0.05, 0) is 19.3 Å². The van der Waals surface area contributed by atoms with Crippen LogP contribution in [0.5, 0.6) is 0 Å². The average Bonchev–Trinajstić information content (AvgIpc) is 3.05. The van der Waals surface area contributed by atoms with E-state index in [1.165, 1.54) is 6.33 Å². The number of amides is 1. The molecule has 1 fully saturated rings. The molecule has 6 heteroatoms. The van der Waals surface area contributed by atoms with Crippen molar-refractivity contribution in [3.05, 3.63) is 12.7 Å². The van der Waals surface area contributed by atoms with Crippen LogP contribution in [0.1, 0.15) is 33.2 Å². The van der Waals surface area contributed by atoms with Crippen molar-refractivity contribution in [2.24, 2.45) is 11.8 Å². The van der Waals surface area contributed by atoms with Crippen molar-refractivity contribution < 1.29 is 9.53 Å². The standard InChI is InChI=1S/C13H22N4O2/c1-9(2)12-11(4-5-19-12)6-15-13(18)10(3)17-8-14-7-16-17/h7-12H,4-6H2,1-3H3,(H,15,18)/t10-,11+,12+/m0/s1. The molecule has 19 heavy (non-hydrogen) atoms. The number of nitrogens with one attached hydrogen (secondary N) is 1. The first-order valence-corrected chi connectivity index (χ1v) is 6.83. The summed E-state index contributed by atoms with van der Waals surface area (Å²) < 4.78 is 7.27. The maximum atomic E-state index is 12.0. The van der Waals surface area contributed by atoms with Gasteiger partial charge in [0.25, 0.3) is 0 Å². The van der Waals surface area contributed by atoms with E-state index in [1.54, 1.807) is 11.0 Å². The molecule has 0 saturated carbocycles. The second-order valence-corrected chi connectivity index (χ2v) is 5.42. The summed E-state index contributed by atoms with van der Waals surface area (Å²) in [4.78, 5) is 15.9. The fourth-order valence-electron chi connectivity index (χ4n) is 2.53. The summed E-state index contributed by atoms with van der Waals surface area (Å²) in [6.45, 7) is 7.59. The molecule has 2 rings (SSSR count). The number of rotatable bonds is 5. The lowest BCUT2D eigenvalue weighted by Crippen LogP contribution is -2.38. The SMILES string of the molecule is CC(C)[C@H]1OCC[C@@H]1CNC(=O)[C@H](C)n1cncn1. The first-order chi connectivity index (χ1) is 9.09. The predicted molar refractivity (Wildman–Crippen MR) is 70.4 cm³/mol. The lowest BCUT2D eigenvalue weighted by molar-refractivity contribution is -0.124. The van der Waals surface area contributed by atoms with Crippen LogP contribution in [0, 0.1) is 11.8 Å². The van der Waals surface area contributed by atoms with Crippen LogP contribution in [-0.2, 0) is 9.53 Å². The van der Waals surface area contributed by atoms with Gasteiger partial charge in [-0.2, -0.15) is 5.10 Å². The molecule has 0 radical (unpaired) electrons. The zero-order chi connectivity index (χ0) is 13.8. The molecule has 1 aliphatic rings. The van der Waals surface area contributed by atoms with Crippen LogP contribution < -0.4 is 5.32 Å². The minimum atomic E-state index is -0.331. The number of hydrogen-bond donors (Lipinski definition) is 1. The molecule has 1 saturated heterocycles. The fraction of sp³-hybridized carbons (Fsp3) is 0.769. The molecule has 2 heterocycles. The Hall–Kier alpha value is -1.43. The average molecular weight is 266 g/mol. The number of nitrogens with zero attached hydrogens (tertiary/aromatic N) is 3. The second-order valence-electron chi connectivity index (χ2n) is 5.42. The molecular weight excluding hydrogens is 244 g/mol. The van der Waals surface area contributed by atoms with Crippen LogP contribution in [0.2, 0.25) is 0 Å². The van der Waals surface area contributed by atoms with E-state index in [1.807, 2.05) is 6.92 Å². The van der Waals surface area contributed by atoms with E-state index in [2.05, 4.69) is 29.2 Å². The van der Waals surface area contributed by atoms with Gasteiger partial charge in [-0.3, -0.25) is 4.79 Å². The molecule has 0 unspecified atom stereocenters. The van der Waals surface area contributed by atoms with Crippen molar-refractivity contribution in [1.82, 2.24) is 20.1 Å². The largest absolute Gasteiger partial charge is 0.378 e. The summed E-state index contributed by atoms with van der Waals surface area (Å²) in [6.07, 6.45) is 4.26. The third kappa shape index (κ3) is 3.32. The third-order valence-electron chi connectivity index (χ3n) is 3.67. The van der Waals surface area contributed by atoms with Crippen molar-refractivity contribution in [2.45, 2.75) is 39.3 Å². The maximum absolute atomic E-state index is 12.0. The highest BCUT2D eigenvalue weighted by molar-refractivity contribution is 5.79. The van der Waals surface area contributed by atoms with Crippen molar-refractivity contribution >= 4 is 5.91 Å². The van der Waals surface area contributed by atoms with E-state index in [0.29, 0.717) is 18.4 Å². The predicted octanol–water partition coefficient (Wildman–Crippen LogP) is 1.02. The van der Waals surface area contributed by atoms with Gasteiger partial charge in [0.15, 0.2) is 0 Å². The van der Waals surface area contributed by atoms with Crippen molar-refractivity contribution in [3.8, 4) is 0 Å². The lowest BCUT2D eigenvalue weighted by Gasteiger charge is -2.23. The summed E-state index contributed by atoms with van der Waals surface area (Å²) in [5.74, 6) is 0.865. The van der Waals surface area contributed by atoms with Gasteiger partial charge in [0.1, 0.15) is 18.7 Å². The van der Waals surface area contributed by atoms with Gasteiger partial charge >= 0.3 is 0 Å². The van der Waals surface area contributed by atoms with Gasteiger partial charge < -0.3 is 10.1 Å². The topological polar surface area (TPSA) is 69.0 Å². The Bertz CT molecular complexity index is 405. The Balaban J connectivity index is 1.83. The van der Waals surface area contributed by atoms with Crippen LogP contribution in [0.4, 0.5) is 0 Å². The Morgan fingerprint density at radius 3 is 2.95 bits per heavy atom. The van der Waals surface area contributed by atoms with Crippen LogP contribution >= 0.6 is 0 Å². The van der Waals surface area contributed by atoms with Gasteiger partial charge in [0, 0.05) is 19.1 Å². The van der Waals surface area contributed by atoms with E-state index >= 15 is 0 Å². The molecule has 1 aliphatic heterocycles. The Morgan fingerprint density at radius 2 is 2.32 bits per heavy atom. The minimum Gasteiger partial charge on any atom is -0.378 e. The Kier molecular flexibility index (Phi) is 4.52. The Labute approximate surface area is 113 Å². The fourth-order valence-corrected chi connectivity index (χ4v) is 2.53. The van der Waals surface area contributed by atoms with E-state index in [4.69, 9.17) is 4.74 Å². The molecular formula is C13H22N4O2. The first-order valence-electron chi connectivity index (χ1n) is 6.83. The molecule has 0 aliphatic carbocycles. The van der Waals surface area contributed by atoms with E-state index in [0.717, 1.165) is 13.0 Å². The van der Waals surface area contributed by atoms with E-state index < -0.39 is 0 Å². The van der Waals surface area contributed by atoms with Crippen molar-refractivity contribution in [2.75, 3.05) is 13.2 Å². The monoisotopic (exact) mass is 266 g/mol. The van der Waals surface area contributed by atoms with Crippen LogP contribution in [-0.4, -0.2) is 39.9 Å². The normalized spacial score (nSPS) is 24.6. The zero-order valence-electron chi connectivity index (χ0n) is 11.7. The van der Waals surface area contributed by atoms with Gasteiger partial charge in [-0.1, -0.05) is 13.8 Å². The quantitative estimate of drug-likeness (QED) is 0.863. The molecule has 6 nitrogen and oxygen atoms in total. The molecule has 0 aromatic carbocycles. The van der Waals surface area contributed by atoms with Crippen molar-refractivity contribution in [3.63, 3.8) is 0 Å². The highest BCUT2D eigenvalue weighted by Gasteiger charge is 2.31. The van der Waals surface area contributed by atoms with Gasteiger partial charge in [-0.15, -0.1) is 0 Å². The molecule has 1 N–H and O–H groups in total. The van der Waals surface area contributed by atoms with Crippen LogP contribution in [0.15, 0.2) is 12.7 Å². The summed E-state index contributed by atoms with van der Waals surface area (Å²) >= 11 is 0. The third-order valence-corrected chi connectivity index (χ3v) is 3.67. The number of aromatic nitrogens is 3. The molecule has 3 atom stereocenters. The number of ether oxygens (including phenoxy) is 1. The molecule has 0 spiro atoms. The van der Waals surface area contributed by atoms with Gasteiger partial charge in [-0.25, -0.2) is 9.67 Å². The summed E-state index contributed by atoms with van der Waals surface area (Å²) in [5, 5.41) is 6.97. The number of carbonyl (C=O) groups is 1. The lowest BCUT2D eigenvalue weighted by atomic mass is 9.93. The highest BCUT2D eigenvalue weighted by Crippen LogP contribution is 2.26. The first kappa shape index (κ1) is 14.0. The second kappa shape index (κ2) is 6.14. The maximum Gasteiger partial charge on any atom is 0.244 e. The molecule has 0 bridgehead atoms. The number of carbonyl (C=O) groups excluding carboxylic acids is 1. The zero-order valence-corrected chi connectivity index (χ0v) is 11.7. The van der Waals surface area contributed by atoms with Crippen molar-refractivity contribution in [1.29, 1.82) is 0 Å². The smallest absolute Gasteiger partial charge is 0.244 e. The molecule has 1 aromatic rings. The van der Waals surface area contributed by atoms with Gasteiger partial charge in [0.05, 0.1) is 6.10 Å². The molecule has 1 aromatic heterocycles. The Morgan fingerprint density at radius 1 is 1.53 bits per heavy atom. The highest BCUT2D eigenvalue weighted by atomic mass is 16.5. The van der Waals surface area contributed by atoms with Gasteiger partial charge in [0.2, 0.25) is 5.91 Å². The van der Waals surface area contributed by atoms with E-state index in [-0.39, 0.29) is 18.1 Å². The van der Waals surface area contributed by atoms with E-state index in [9.17, 15) is 4.79 Å². The number of hydrogen-bond acceptors (Lipinski definition) is 4.